The van der Waals surface area contributed by atoms with Gasteiger partial charge < -0.3 is 4.74 Å². The van der Waals surface area contributed by atoms with E-state index in [0.717, 1.165) is 22.3 Å². The molecular weight excluding hydrogens is 280 g/mol. The average molecular weight is 302 g/mol. The van der Waals surface area contributed by atoms with Gasteiger partial charge in [-0.2, -0.15) is 0 Å². The molecule has 1 aromatic carbocycles. The van der Waals surface area contributed by atoms with Crippen molar-refractivity contribution >= 4 is 5.97 Å². The van der Waals surface area contributed by atoms with Gasteiger partial charge in [0, 0.05) is 0 Å². The van der Waals surface area contributed by atoms with E-state index in [1.165, 1.54) is 0 Å². The molecule has 22 heavy (non-hydrogen) atoms. The highest BCUT2D eigenvalue weighted by molar-refractivity contribution is 5.81. The Morgan fingerprint density at radius 3 is 2.05 bits per heavy atom. The third kappa shape index (κ3) is 2.98. The van der Waals surface area contributed by atoms with Crippen LogP contribution in [-0.2, 0) is 4.79 Å². The number of H-pyrrole nitrogens is 2. The maximum absolute atomic E-state index is 12.2. The van der Waals surface area contributed by atoms with Crippen molar-refractivity contribution in [3.8, 4) is 17.0 Å². The number of benzene rings is 1. The molecule has 0 aliphatic carbocycles. The van der Waals surface area contributed by atoms with Crippen LogP contribution in [0.3, 0.4) is 0 Å². The predicted octanol–water partition coefficient (Wildman–Crippen LogP) is 3.25. The Morgan fingerprint density at radius 1 is 1.00 bits per heavy atom. The van der Waals surface area contributed by atoms with Crippen molar-refractivity contribution in [2.75, 3.05) is 0 Å². The van der Waals surface area contributed by atoms with E-state index in [0.29, 0.717) is 5.56 Å². The lowest BCUT2D eigenvalue weighted by Gasteiger charge is -2.16. The molecule has 0 atom stereocenters. The molecule has 2 aromatic rings. The molecule has 0 aliphatic rings. The molecule has 2 N–H and O–H groups in total. The summed E-state index contributed by atoms with van der Waals surface area (Å²) >= 11 is 0. The Balaban J connectivity index is 2.57. The van der Waals surface area contributed by atoms with Crippen LogP contribution in [0.1, 0.15) is 37.5 Å². The molecule has 0 aliphatic heterocycles. The lowest BCUT2D eigenvalue weighted by atomic mass is 9.95. The van der Waals surface area contributed by atoms with E-state index in [-0.39, 0.29) is 11.4 Å². The minimum absolute atomic E-state index is 0.167. The van der Waals surface area contributed by atoms with Gasteiger partial charge in [0.15, 0.2) is 0 Å². The van der Waals surface area contributed by atoms with Gasteiger partial charge in [0.2, 0.25) is 5.88 Å². The van der Waals surface area contributed by atoms with E-state index in [9.17, 15) is 9.59 Å². The van der Waals surface area contributed by atoms with E-state index in [1.807, 2.05) is 32.9 Å². The number of esters is 1. The van der Waals surface area contributed by atoms with E-state index in [2.05, 4.69) is 10.2 Å². The smallest absolute Gasteiger partial charge is 0.317 e. The summed E-state index contributed by atoms with van der Waals surface area (Å²) in [5.74, 6) is -0.230. The molecule has 5 heteroatoms. The first-order valence-corrected chi connectivity index (χ1v) is 7.22. The summed E-state index contributed by atoms with van der Waals surface area (Å²) < 4.78 is 5.40. The number of hydrogen-bond donors (Lipinski definition) is 2. The zero-order valence-corrected chi connectivity index (χ0v) is 13.9. The van der Waals surface area contributed by atoms with Gasteiger partial charge in [-0.25, -0.2) is 0 Å². The molecule has 0 radical (unpaired) electrons. The molecule has 0 amide bonds. The molecule has 5 nitrogen and oxygen atoms in total. The van der Waals surface area contributed by atoms with Gasteiger partial charge in [0.25, 0.3) is 5.56 Å². The van der Waals surface area contributed by atoms with Gasteiger partial charge in [0.1, 0.15) is 5.56 Å². The first kappa shape index (κ1) is 16.1. The zero-order chi connectivity index (χ0) is 16.7. The molecule has 2 rings (SSSR count). The number of hydrogen-bond acceptors (Lipinski definition) is 3. The highest BCUT2D eigenvalue weighted by Gasteiger charge is 2.27. The Labute approximate surface area is 129 Å². The fraction of sp³-hybridized carbons (Fsp3) is 0.412. The molecule has 118 valence electrons. The largest absolute Gasteiger partial charge is 0.407 e. The van der Waals surface area contributed by atoms with Crippen LogP contribution in [0, 0.1) is 26.2 Å². The van der Waals surface area contributed by atoms with Crippen molar-refractivity contribution < 1.29 is 9.53 Å². The van der Waals surface area contributed by atoms with Gasteiger partial charge in [0.05, 0.1) is 5.41 Å². The van der Waals surface area contributed by atoms with Crippen LogP contribution < -0.4 is 10.3 Å². The van der Waals surface area contributed by atoms with Crippen LogP contribution in [0.5, 0.6) is 5.88 Å². The number of aryl methyl sites for hydroxylation is 3. The topological polar surface area (TPSA) is 75.0 Å². The molecular formula is C17H22N2O3. The second kappa shape index (κ2) is 5.48. The number of ether oxygens (including phenoxy) is 1. The number of aromatic nitrogens is 2. The maximum atomic E-state index is 12.2. The normalized spacial score (nSPS) is 11.5. The Morgan fingerprint density at radius 2 is 1.55 bits per heavy atom. The minimum atomic E-state index is -0.650. The molecule has 1 heterocycles. The van der Waals surface area contributed by atoms with Gasteiger partial charge in [-0.1, -0.05) is 17.7 Å². The molecule has 0 bridgehead atoms. The summed E-state index contributed by atoms with van der Waals surface area (Å²) in [6.07, 6.45) is 0. The molecule has 0 saturated heterocycles. The number of rotatable bonds is 2. The van der Waals surface area contributed by atoms with Crippen LogP contribution in [0.15, 0.2) is 16.9 Å². The summed E-state index contributed by atoms with van der Waals surface area (Å²) in [5, 5.41) is 5.17. The molecule has 0 fully saturated rings. The second-order valence-electron chi connectivity index (χ2n) is 6.70. The number of carbonyl (C=O) groups excluding carboxylic acids is 1. The van der Waals surface area contributed by atoms with Crippen LogP contribution in [0.2, 0.25) is 0 Å². The summed E-state index contributed by atoms with van der Waals surface area (Å²) in [5.41, 5.74) is 3.28. The summed E-state index contributed by atoms with van der Waals surface area (Å²) in [7, 11) is 0. The van der Waals surface area contributed by atoms with Crippen LogP contribution in [0.25, 0.3) is 11.1 Å². The third-order valence-electron chi connectivity index (χ3n) is 3.48. The lowest BCUT2D eigenvalue weighted by molar-refractivity contribution is -0.143. The van der Waals surface area contributed by atoms with Crippen molar-refractivity contribution in [1.82, 2.24) is 10.2 Å². The first-order chi connectivity index (χ1) is 10.1. The van der Waals surface area contributed by atoms with Crippen molar-refractivity contribution in [1.29, 1.82) is 0 Å². The molecule has 0 saturated carbocycles. The van der Waals surface area contributed by atoms with Crippen LogP contribution in [0.4, 0.5) is 0 Å². The monoisotopic (exact) mass is 302 g/mol. The molecule has 1 aromatic heterocycles. The number of aromatic amines is 2. The van der Waals surface area contributed by atoms with E-state index < -0.39 is 11.4 Å². The van der Waals surface area contributed by atoms with E-state index in [1.54, 1.807) is 20.8 Å². The van der Waals surface area contributed by atoms with Crippen LogP contribution in [-0.4, -0.2) is 16.2 Å². The quantitative estimate of drug-likeness (QED) is 0.836. The molecule has 0 spiro atoms. The first-order valence-electron chi connectivity index (χ1n) is 7.22. The third-order valence-corrected chi connectivity index (χ3v) is 3.48. The van der Waals surface area contributed by atoms with Crippen LogP contribution >= 0.6 is 0 Å². The van der Waals surface area contributed by atoms with Gasteiger partial charge in [-0.3, -0.25) is 19.8 Å². The Bertz CT molecular complexity index is 753. The lowest BCUT2D eigenvalue weighted by Crippen LogP contribution is -2.26. The fourth-order valence-corrected chi connectivity index (χ4v) is 2.47. The maximum Gasteiger partial charge on any atom is 0.317 e. The number of carbonyl (C=O) groups is 1. The number of nitrogens with one attached hydrogen (secondary N) is 2. The molecule has 0 unspecified atom stereocenters. The van der Waals surface area contributed by atoms with E-state index >= 15 is 0 Å². The summed E-state index contributed by atoms with van der Waals surface area (Å²) in [6, 6.07) is 4.01. The van der Waals surface area contributed by atoms with Crippen molar-refractivity contribution in [3.63, 3.8) is 0 Å². The van der Waals surface area contributed by atoms with Crippen molar-refractivity contribution in [2.24, 2.45) is 5.41 Å². The van der Waals surface area contributed by atoms with Gasteiger partial charge in [-0.05, 0) is 58.2 Å². The standard InChI is InChI=1S/C17H22N2O3/c1-9-7-10(2)12(11(3)8-9)13-14(20)18-19-15(13)22-16(21)17(4,5)6/h7-8H,1-6H3,(H2,18,19,20). The zero-order valence-electron chi connectivity index (χ0n) is 13.9. The summed E-state index contributed by atoms with van der Waals surface area (Å²) in [6.45, 7) is 11.2. The predicted molar refractivity (Wildman–Crippen MR) is 86.2 cm³/mol. The van der Waals surface area contributed by atoms with Crippen molar-refractivity contribution in [2.45, 2.75) is 41.5 Å². The summed E-state index contributed by atoms with van der Waals surface area (Å²) in [4.78, 5) is 24.3. The average Bonchev–Trinajstić information content (AvgIpc) is 2.69. The SMILES string of the molecule is Cc1cc(C)c(-c2c(OC(=O)C(C)(C)C)[nH][nH]c2=O)c(C)c1. The van der Waals surface area contributed by atoms with E-state index in [4.69, 9.17) is 4.74 Å². The fourth-order valence-electron chi connectivity index (χ4n) is 2.47. The van der Waals surface area contributed by atoms with Crippen molar-refractivity contribution in [3.05, 3.63) is 39.2 Å². The minimum Gasteiger partial charge on any atom is -0.407 e. The van der Waals surface area contributed by atoms with Gasteiger partial charge in [-0.15, -0.1) is 0 Å². The Hall–Kier alpha value is -2.30. The van der Waals surface area contributed by atoms with Gasteiger partial charge >= 0.3 is 5.97 Å². The highest BCUT2D eigenvalue weighted by atomic mass is 16.5. The Kier molecular flexibility index (Phi) is 4.00. The second-order valence-corrected chi connectivity index (χ2v) is 6.70. The highest BCUT2D eigenvalue weighted by Crippen LogP contribution is 2.32.